The molecule has 0 saturated carbocycles. The Kier molecular flexibility index (Phi) is 5.69. The molecule has 0 atom stereocenters. The Morgan fingerprint density at radius 1 is 1.03 bits per heavy atom. The molecule has 9 nitrogen and oxygen atoms in total. The number of rotatable bonds is 5. The molecule has 1 saturated heterocycles. The van der Waals surface area contributed by atoms with Crippen LogP contribution in [-0.2, 0) is 9.59 Å². The highest BCUT2D eigenvalue weighted by Gasteiger charge is 2.35. The molecule has 164 valence electrons. The first kappa shape index (κ1) is 21.4. The standard InChI is InChI=1S/C24H17N3O6/c1-15-7-5-9-17(13-15)24(30)33-21-16(8-6-12-20(21)27(31)32)14-19-22(28)25-26(23(19)29)18-10-3-2-4-11-18/h2-14H,1H3,(H,25,28). The molecule has 0 radical (unpaired) electrons. The van der Waals surface area contributed by atoms with Gasteiger partial charge in [0, 0.05) is 11.6 Å². The number of para-hydroxylation sites is 2. The van der Waals surface area contributed by atoms with Crippen LogP contribution in [0.4, 0.5) is 11.4 Å². The maximum absolute atomic E-state index is 12.9. The average molecular weight is 443 g/mol. The lowest BCUT2D eigenvalue weighted by molar-refractivity contribution is -0.385. The van der Waals surface area contributed by atoms with Gasteiger partial charge in [0.25, 0.3) is 11.8 Å². The second kappa shape index (κ2) is 8.75. The van der Waals surface area contributed by atoms with Gasteiger partial charge < -0.3 is 4.74 Å². The third-order valence-electron chi connectivity index (χ3n) is 4.88. The molecular weight excluding hydrogens is 426 g/mol. The van der Waals surface area contributed by atoms with E-state index in [9.17, 15) is 24.5 Å². The smallest absolute Gasteiger partial charge is 0.343 e. The van der Waals surface area contributed by atoms with Crippen molar-refractivity contribution in [2.75, 3.05) is 5.01 Å². The number of carbonyl (C=O) groups excluding carboxylic acids is 3. The van der Waals surface area contributed by atoms with Gasteiger partial charge in [-0.1, -0.05) is 48.0 Å². The van der Waals surface area contributed by atoms with Crippen LogP contribution in [-0.4, -0.2) is 22.7 Å². The number of hydrogen-bond acceptors (Lipinski definition) is 6. The number of anilines is 1. The molecule has 1 aliphatic heterocycles. The number of hydrogen-bond donors (Lipinski definition) is 1. The summed E-state index contributed by atoms with van der Waals surface area (Å²) in [4.78, 5) is 48.9. The second-order valence-electron chi connectivity index (χ2n) is 7.19. The van der Waals surface area contributed by atoms with E-state index in [0.29, 0.717) is 5.69 Å². The summed E-state index contributed by atoms with van der Waals surface area (Å²) in [6, 6.07) is 19.0. The van der Waals surface area contributed by atoms with E-state index in [1.54, 1.807) is 55.5 Å². The van der Waals surface area contributed by atoms with Gasteiger partial charge in [-0.2, -0.15) is 0 Å². The van der Waals surface area contributed by atoms with E-state index in [0.717, 1.165) is 10.6 Å². The highest BCUT2D eigenvalue weighted by atomic mass is 16.6. The van der Waals surface area contributed by atoms with Crippen molar-refractivity contribution in [1.29, 1.82) is 0 Å². The Morgan fingerprint density at radius 3 is 2.45 bits per heavy atom. The van der Waals surface area contributed by atoms with E-state index in [4.69, 9.17) is 4.74 Å². The van der Waals surface area contributed by atoms with E-state index in [2.05, 4.69) is 5.43 Å². The zero-order valence-electron chi connectivity index (χ0n) is 17.3. The molecule has 0 aliphatic carbocycles. The fourth-order valence-corrected chi connectivity index (χ4v) is 3.31. The summed E-state index contributed by atoms with van der Waals surface area (Å²) in [5.74, 6) is -2.50. The number of aryl methyl sites for hydroxylation is 1. The highest BCUT2D eigenvalue weighted by molar-refractivity contribution is 6.31. The fourth-order valence-electron chi connectivity index (χ4n) is 3.31. The van der Waals surface area contributed by atoms with E-state index in [1.165, 1.54) is 30.3 Å². The van der Waals surface area contributed by atoms with Crippen LogP contribution in [0.25, 0.3) is 6.08 Å². The van der Waals surface area contributed by atoms with Crippen LogP contribution < -0.4 is 15.2 Å². The summed E-state index contributed by atoms with van der Waals surface area (Å²) >= 11 is 0. The van der Waals surface area contributed by atoms with Crippen molar-refractivity contribution in [2.24, 2.45) is 0 Å². The maximum atomic E-state index is 12.9. The van der Waals surface area contributed by atoms with Crippen LogP contribution >= 0.6 is 0 Å². The number of nitro groups is 1. The molecule has 0 spiro atoms. The fraction of sp³-hybridized carbons (Fsp3) is 0.0417. The van der Waals surface area contributed by atoms with Crippen molar-refractivity contribution < 1.29 is 24.0 Å². The van der Waals surface area contributed by atoms with E-state index >= 15 is 0 Å². The van der Waals surface area contributed by atoms with Crippen molar-refractivity contribution in [1.82, 2.24) is 5.43 Å². The minimum Gasteiger partial charge on any atom is -0.415 e. The lowest BCUT2D eigenvalue weighted by Crippen LogP contribution is -2.35. The molecule has 1 fully saturated rings. The predicted molar refractivity (Wildman–Crippen MR) is 119 cm³/mol. The maximum Gasteiger partial charge on any atom is 0.343 e. The van der Waals surface area contributed by atoms with Gasteiger partial charge in [-0.3, -0.25) is 25.1 Å². The quantitative estimate of drug-likeness (QED) is 0.161. The number of nitrogens with one attached hydrogen (secondary N) is 1. The summed E-state index contributed by atoms with van der Waals surface area (Å²) in [6.45, 7) is 1.79. The number of hydrazine groups is 1. The summed E-state index contributed by atoms with van der Waals surface area (Å²) in [5, 5.41) is 12.7. The Hall–Kier alpha value is -4.79. The molecule has 0 unspecified atom stereocenters. The minimum atomic E-state index is -0.805. The number of esters is 1. The lowest BCUT2D eigenvalue weighted by atomic mass is 10.1. The van der Waals surface area contributed by atoms with Crippen molar-refractivity contribution in [3.05, 3.63) is 105 Å². The van der Waals surface area contributed by atoms with E-state index in [1.807, 2.05) is 0 Å². The number of ether oxygens (including phenoxy) is 1. The monoisotopic (exact) mass is 443 g/mol. The Balaban J connectivity index is 1.74. The third-order valence-corrected chi connectivity index (χ3v) is 4.88. The SMILES string of the molecule is Cc1cccc(C(=O)Oc2c(C=C3C(=O)NN(c4ccccc4)C3=O)cccc2[N+](=O)[O-])c1. The van der Waals surface area contributed by atoms with E-state index in [-0.39, 0.29) is 22.4 Å². The first-order chi connectivity index (χ1) is 15.8. The van der Waals surface area contributed by atoms with E-state index < -0.39 is 28.4 Å². The molecule has 0 aromatic heterocycles. The molecule has 3 aromatic carbocycles. The normalized spacial score (nSPS) is 14.3. The van der Waals surface area contributed by atoms with Gasteiger partial charge in [0.05, 0.1) is 16.2 Å². The largest absolute Gasteiger partial charge is 0.415 e. The number of nitrogens with zero attached hydrogens (tertiary/aromatic N) is 2. The van der Waals surface area contributed by atoms with Crippen LogP contribution in [0.2, 0.25) is 0 Å². The summed E-state index contributed by atoms with van der Waals surface area (Å²) in [5.41, 5.74) is 3.22. The van der Waals surface area contributed by atoms with Crippen molar-refractivity contribution >= 4 is 35.2 Å². The third kappa shape index (κ3) is 4.33. The molecule has 1 N–H and O–H groups in total. The topological polar surface area (TPSA) is 119 Å². The van der Waals surface area contributed by atoms with Crippen molar-refractivity contribution in [3.8, 4) is 5.75 Å². The van der Waals surface area contributed by atoms with Crippen LogP contribution in [0.5, 0.6) is 5.75 Å². The number of benzene rings is 3. The molecule has 3 aromatic rings. The zero-order chi connectivity index (χ0) is 23.5. The molecule has 1 heterocycles. The summed E-state index contributed by atoms with van der Waals surface area (Å²) < 4.78 is 5.39. The lowest BCUT2D eigenvalue weighted by Gasteiger charge is -2.14. The molecule has 2 amide bonds. The second-order valence-corrected chi connectivity index (χ2v) is 7.19. The van der Waals surface area contributed by atoms with Gasteiger partial charge in [-0.25, -0.2) is 9.80 Å². The molecular formula is C24H17N3O6. The van der Waals surface area contributed by atoms with Crippen LogP contribution in [0.15, 0.2) is 78.4 Å². The molecule has 1 aliphatic rings. The molecule has 33 heavy (non-hydrogen) atoms. The van der Waals surface area contributed by atoms with Crippen molar-refractivity contribution in [2.45, 2.75) is 6.92 Å². The molecule has 9 heteroatoms. The number of nitro benzene ring substituents is 1. The Morgan fingerprint density at radius 2 is 1.76 bits per heavy atom. The van der Waals surface area contributed by atoms with Crippen LogP contribution in [0, 0.1) is 17.0 Å². The average Bonchev–Trinajstić information content (AvgIpc) is 3.08. The van der Waals surface area contributed by atoms with Gasteiger partial charge >= 0.3 is 11.7 Å². The number of carbonyl (C=O) groups is 3. The van der Waals surface area contributed by atoms with Gasteiger partial charge in [-0.05, 0) is 37.3 Å². The van der Waals surface area contributed by atoms with Gasteiger partial charge in [0.2, 0.25) is 5.75 Å². The summed E-state index contributed by atoms with van der Waals surface area (Å²) in [7, 11) is 0. The van der Waals surface area contributed by atoms with Gasteiger partial charge in [0.15, 0.2) is 0 Å². The predicted octanol–water partition coefficient (Wildman–Crippen LogP) is 3.58. The highest BCUT2D eigenvalue weighted by Crippen LogP contribution is 2.34. The first-order valence-corrected chi connectivity index (χ1v) is 9.83. The zero-order valence-corrected chi connectivity index (χ0v) is 17.3. The minimum absolute atomic E-state index is 0.0404. The Labute approximate surface area is 188 Å². The number of amides is 2. The molecule has 0 bridgehead atoms. The Bertz CT molecular complexity index is 1320. The van der Waals surface area contributed by atoms with Crippen LogP contribution in [0.3, 0.4) is 0 Å². The summed E-state index contributed by atoms with van der Waals surface area (Å²) in [6.07, 6.45) is 1.17. The molecule has 4 rings (SSSR count). The van der Waals surface area contributed by atoms with Gasteiger partial charge in [-0.15, -0.1) is 0 Å². The first-order valence-electron chi connectivity index (χ1n) is 9.83. The van der Waals surface area contributed by atoms with Gasteiger partial charge in [0.1, 0.15) is 5.57 Å². The van der Waals surface area contributed by atoms with Crippen molar-refractivity contribution in [3.63, 3.8) is 0 Å². The van der Waals surface area contributed by atoms with Crippen LogP contribution in [0.1, 0.15) is 21.5 Å².